The van der Waals surface area contributed by atoms with Gasteiger partial charge in [-0.2, -0.15) is 0 Å². The molecule has 0 radical (unpaired) electrons. The summed E-state index contributed by atoms with van der Waals surface area (Å²) < 4.78 is 5.82. The van der Waals surface area contributed by atoms with Crippen LogP contribution < -0.4 is 10.5 Å². The molecule has 0 unspecified atom stereocenters. The summed E-state index contributed by atoms with van der Waals surface area (Å²) >= 11 is 7.55. The number of hydrogen-bond acceptors (Lipinski definition) is 3. The fraction of sp³-hybridized carbons (Fsp3) is 0.250. The molecule has 4 heteroatoms. The summed E-state index contributed by atoms with van der Waals surface area (Å²) in [7, 11) is 0. The maximum Gasteiger partial charge on any atom is 0.122 e. The van der Waals surface area contributed by atoms with Crippen LogP contribution in [0.25, 0.3) is 0 Å². The Balaban J connectivity index is 1.86. The van der Waals surface area contributed by atoms with Crippen molar-refractivity contribution in [3.8, 4) is 5.75 Å². The first-order valence-corrected chi connectivity index (χ1v) is 7.80. The van der Waals surface area contributed by atoms with Crippen LogP contribution in [0.1, 0.15) is 11.1 Å². The van der Waals surface area contributed by atoms with E-state index in [-0.39, 0.29) is 0 Å². The first-order chi connectivity index (χ1) is 9.56. The fourth-order valence-corrected chi connectivity index (χ4v) is 2.77. The van der Waals surface area contributed by atoms with Crippen molar-refractivity contribution in [3.63, 3.8) is 0 Å². The zero-order valence-electron chi connectivity index (χ0n) is 11.7. The van der Waals surface area contributed by atoms with Crippen molar-refractivity contribution >= 4 is 29.1 Å². The van der Waals surface area contributed by atoms with Crippen LogP contribution >= 0.6 is 23.4 Å². The maximum atomic E-state index is 5.91. The van der Waals surface area contributed by atoms with Gasteiger partial charge in [-0.05, 0) is 49.2 Å². The Labute approximate surface area is 129 Å². The number of halogens is 1. The van der Waals surface area contributed by atoms with Gasteiger partial charge in [-0.3, -0.25) is 0 Å². The van der Waals surface area contributed by atoms with E-state index in [9.17, 15) is 0 Å². The van der Waals surface area contributed by atoms with E-state index in [1.54, 1.807) is 17.8 Å². The number of nitrogens with two attached hydrogens (primary N) is 1. The molecule has 0 aliphatic carbocycles. The minimum Gasteiger partial charge on any atom is -0.492 e. The van der Waals surface area contributed by atoms with Crippen LogP contribution in [0, 0.1) is 13.8 Å². The molecule has 0 heterocycles. The molecule has 0 spiro atoms. The Morgan fingerprint density at radius 1 is 1.15 bits per heavy atom. The highest BCUT2D eigenvalue weighted by Crippen LogP contribution is 2.27. The van der Waals surface area contributed by atoms with Gasteiger partial charge < -0.3 is 10.5 Å². The van der Waals surface area contributed by atoms with Gasteiger partial charge in [-0.15, -0.1) is 11.8 Å². The van der Waals surface area contributed by atoms with Crippen LogP contribution in [0.3, 0.4) is 0 Å². The zero-order valence-corrected chi connectivity index (χ0v) is 13.2. The van der Waals surface area contributed by atoms with Gasteiger partial charge in [0.05, 0.1) is 6.61 Å². The summed E-state index contributed by atoms with van der Waals surface area (Å²) in [5, 5.41) is 0.665. The monoisotopic (exact) mass is 307 g/mol. The minimum absolute atomic E-state index is 0.650. The number of benzene rings is 2. The van der Waals surface area contributed by atoms with E-state index in [1.807, 2.05) is 12.1 Å². The molecule has 2 N–H and O–H groups in total. The van der Waals surface area contributed by atoms with Crippen molar-refractivity contribution in [2.24, 2.45) is 0 Å². The average Bonchev–Trinajstić information content (AvgIpc) is 2.40. The molecule has 0 fully saturated rings. The topological polar surface area (TPSA) is 35.2 Å². The molecule has 2 nitrogen and oxygen atoms in total. The van der Waals surface area contributed by atoms with E-state index in [0.717, 1.165) is 22.0 Å². The second-order valence-corrected chi connectivity index (χ2v) is 6.22. The molecule has 0 saturated carbocycles. The predicted molar refractivity (Wildman–Crippen MR) is 88.0 cm³/mol. The highest BCUT2D eigenvalue weighted by atomic mass is 35.5. The molecule has 106 valence electrons. The SMILES string of the molecule is Cc1ccc(C)c(OCCSc2ccc(Cl)cc2N)c1. The van der Waals surface area contributed by atoms with E-state index in [4.69, 9.17) is 22.1 Å². The molecule has 0 aliphatic rings. The Kier molecular flexibility index (Phi) is 5.21. The van der Waals surface area contributed by atoms with E-state index in [2.05, 4.69) is 32.0 Å². The van der Waals surface area contributed by atoms with Crippen LogP contribution in [0.4, 0.5) is 5.69 Å². The summed E-state index contributed by atoms with van der Waals surface area (Å²) in [5.74, 6) is 1.80. The van der Waals surface area contributed by atoms with Crippen molar-refractivity contribution in [1.29, 1.82) is 0 Å². The number of hydrogen-bond donors (Lipinski definition) is 1. The van der Waals surface area contributed by atoms with Crippen molar-refractivity contribution < 1.29 is 4.74 Å². The van der Waals surface area contributed by atoms with Gasteiger partial charge in [0, 0.05) is 21.4 Å². The van der Waals surface area contributed by atoms with Crippen molar-refractivity contribution in [2.75, 3.05) is 18.1 Å². The normalized spacial score (nSPS) is 10.6. The van der Waals surface area contributed by atoms with Crippen LogP contribution in [0.2, 0.25) is 5.02 Å². The summed E-state index contributed by atoms with van der Waals surface area (Å²) in [6, 6.07) is 11.8. The van der Waals surface area contributed by atoms with Gasteiger partial charge in [0.15, 0.2) is 0 Å². The summed E-state index contributed by atoms with van der Waals surface area (Å²) in [6.45, 7) is 4.77. The van der Waals surface area contributed by atoms with Crippen molar-refractivity contribution in [1.82, 2.24) is 0 Å². The second-order valence-electron chi connectivity index (χ2n) is 4.65. The number of thioether (sulfide) groups is 1. The maximum absolute atomic E-state index is 5.91. The van der Waals surface area contributed by atoms with Gasteiger partial charge in [0.2, 0.25) is 0 Å². The molecular weight excluding hydrogens is 290 g/mol. The lowest BCUT2D eigenvalue weighted by Crippen LogP contribution is -2.02. The molecule has 0 saturated heterocycles. The smallest absolute Gasteiger partial charge is 0.122 e. The largest absolute Gasteiger partial charge is 0.492 e. The van der Waals surface area contributed by atoms with Gasteiger partial charge >= 0.3 is 0 Å². The Hall–Kier alpha value is -1.32. The van der Waals surface area contributed by atoms with E-state index >= 15 is 0 Å². The zero-order chi connectivity index (χ0) is 14.5. The van der Waals surface area contributed by atoms with E-state index in [1.165, 1.54) is 5.56 Å². The Morgan fingerprint density at radius 3 is 2.70 bits per heavy atom. The summed E-state index contributed by atoms with van der Waals surface area (Å²) in [5.41, 5.74) is 9.00. The molecule has 0 atom stereocenters. The van der Waals surface area contributed by atoms with Crippen molar-refractivity contribution in [2.45, 2.75) is 18.7 Å². The predicted octanol–water partition coefficient (Wildman–Crippen LogP) is 4.71. The lowest BCUT2D eigenvalue weighted by Gasteiger charge is -2.10. The molecule has 2 aromatic rings. The highest BCUT2D eigenvalue weighted by Gasteiger charge is 2.03. The Bertz CT molecular complexity index is 601. The van der Waals surface area contributed by atoms with Crippen molar-refractivity contribution in [3.05, 3.63) is 52.5 Å². The van der Waals surface area contributed by atoms with Crippen LogP contribution in [-0.4, -0.2) is 12.4 Å². The van der Waals surface area contributed by atoms with Gasteiger partial charge in [0.1, 0.15) is 5.75 Å². The van der Waals surface area contributed by atoms with Crippen LogP contribution in [0.15, 0.2) is 41.3 Å². The van der Waals surface area contributed by atoms with Crippen LogP contribution in [-0.2, 0) is 0 Å². The quantitative estimate of drug-likeness (QED) is 0.493. The fourth-order valence-electron chi connectivity index (χ4n) is 1.82. The minimum atomic E-state index is 0.650. The number of anilines is 1. The highest BCUT2D eigenvalue weighted by molar-refractivity contribution is 7.99. The average molecular weight is 308 g/mol. The standard InChI is InChI=1S/C16H18ClNOS/c1-11-3-4-12(2)15(9-11)19-7-8-20-16-6-5-13(17)10-14(16)18/h3-6,9-10H,7-8,18H2,1-2H3. The number of ether oxygens (including phenoxy) is 1. The lowest BCUT2D eigenvalue weighted by atomic mass is 10.1. The van der Waals surface area contributed by atoms with E-state index < -0.39 is 0 Å². The molecule has 0 aromatic heterocycles. The third-order valence-corrected chi connectivity index (χ3v) is 4.20. The summed E-state index contributed by atoms with van der Waals surface area (Å²) in [4.78, 5) is 1.04. The molecule has 0 aliphatic heterocycles. The van der Waals surface area contributed by atoms with Gasteiger partial charge in [0.25, 0.3) is 0 Å². The summed E-state index contributed by atoms with van der Waals surface area (Å²) in [6.07, 6.45) is 0. The number of aryl methyl sites for hydroxylation is 2. The third kappa shape index (κ3) is 4.09. The van der Waals surface area contributed by atoms with Gasteiger partial charge in [-0.1, -0.05) is 23.7 Å². The van der Waals surface area contributed by atoms with E-state index in [0.29, 0.717) is 17.3 Å². The van der Waals surface area contributed by atoms with Crippen LogP contribution in [0.5, 0.6) is 5.75 Å². The molecule has 2 aromatic carbocycles. The first kappa shape index (κ1) is 15.1. The number of rotatable bonds is 5. The van der Waals surface area contributed by atoms with Gasteiger partial charge in [-0.25, -0.2) is 0 Å². The first-order valence-electron chi connectivity index (χ1n) is 6.44. The molecule has 20 heavy (non-hydrogen) atoms. The molecule has 0 amide bonds. The number of nitrogen functional groups attached to an aromatic ring is 1. The molecular formula is C16H18ClNOS. The second kappa shape index (κ2) is 6.91. The third-order valence-electron chi connectivity index (χ3n) is 2.91. The molecule has 0 bridgehead atoms. The molecule has 2 rings (SSSR count). The lowest BCUT2D eigenvalue weighted by molar-refractivity contribution is 0.341. The Morgan fingerprint density at radius 2 is 1.95 bits per heavy atom.